The summed E-state index contributed by atoms with van der Waals surface area (Å²) in [6.45, 7) is 0.794. The van der Waals surface area contributed by atoms with Gasteiger partial charge in [-0.2, -0.15) is 0 Å². The summed E-state index contributed by atoms with van der Waals surface area (Å²) in [6.07, 6.45) is -0.826. The largest absolute Gasteiger partial charge is 0.389 e. The normalized spacial score (nSPS) is 12.8. The Kier molecular flexibility index (Phi) is 6.88. The Labute approximate surface area is 147 Å². The average molecular weight is 354 g/mol. The van der Waals surface area contributed by atoms with E-state index in [4.69, 9.17) is 27.9 Å². The minimum atomic E-state index is -0.549. The van der Waals surface area contributed by atoms with Crippen molar-refractivity contribution in [1.82, 2.24) is 4.90 Å². The number of halogens is 2. The van der Waals surface area contributed by atoms with Crippen LogP contribution in [-0.4, -0.2) is 43.4 Å². The van der Waals surface area contributed by atoms with Crippen LogP contribution in [0.1, 0.15) is 17.2 Å². The molecule has 3 nitrogen and oxygen atoms in total. The van der Waals surface area contributed by atoms with Crippen LogP contribution in [0.15, 0.2) is 48.5 Å². The van der Waals surface area contributed by atoms with E-state index in [1.165, 1.54) is 0 Å². The molecule has 0 spiro atoms. The summed E-state index contributed by atoms with van der Waals surface area (Å²) in [4.78, 5) is 1.92. The van der Waals surface area contributed by atoms with Gasteiger partial charge in [-0.3, -0.25) is 0 Å². The molecule has 0 fully saturated rings. The molecule has 124 valence electrons. The Morgan fingerprint density at radius 2 is 1.35 bits per heavy atom. The Morgan fingerprint density at radius 1 is 0.913 bits per heavy atom. The van der Waals surface area contributed by atoms with Gasteiger partial charge in [0.25, 0.3) is 0 Å². The van der Waals surface area contributed by atoms with Crippen LogP contribution in [0.2, 0.25) is 10.0 Å². The fourth-order valence-corrected chi connectivity index (χ4v) is 2.59. The molecular weight excluding hydrogens is 333 g/mol. The highest BCUT2D eigenvalue weighted by atomic mass is 35.5. The maximum atomic E-state index is 10.0. The number of hydrogen-bond acceptors (Lipinski definition) is 3. The molecule has 0 aliphatic carbocycles. The third kappa shape index (κ3) is 5.79. The quantitative estimate of drug-likeness (QED) is 0.815. The highest BCUT2D eigenvalue weighted by Crippen LogP contribution is 2.28. The molecule has 0 saturated carbocycles. The number of likely N-dealkylation sites (N-methyl/N-ethyl adjacent to an activating group) is 1. The number of benzene rings is 2. The second-order valence-electron chi connectivity index (χ2n) is 5.73. The number of aliphatic hydroxyl groups excluding tert-OH is 1. The van der Waals surface area contributed by atoms with Gasteiger partial charge in [0.1, 0.15) is 6.10 Å². The minimum absolute atomic E-state index is 0.244. The Bertz CT molecular complexity index is 554. The van der Waals surface area contributed by atoms with Gasteiger partial charge in [0.2, 0.25) is 0 Å². The number of ether oxygens (including phenoxy) is 1. The minimum Gasteiger partial charge on any atom is -0.389 e. The SMILES string of the molecule is CN(C)C[C@@H](O)COC(c1ccc(Cl)cc1)c1ccc(Cl)cc1. The number of nitrogens with zero attached hydrogens (tertiary/aromatic N) is 1. The topological polar surface area (TPSA) is 32.7 Å². The summed E-state index contributed by atoms with van der Waals surface area (Å²) in [7, 11) is 3.83. The molecule has 1 atom stereocenters. The van der Waals surface area contributed by atoms with Crippen LogP contribution >= 0.6 is 23.2 Å². The molecule has 0 amide bonds. The van der Waals surface area contributed by atoms with E-state index >= 15 is 0 Å². The second-order valence-corrected chi connectivity index (χ2v) is 6.61. The summed E-state index contributed by atoms with van der Waals surface area (Å²) in [5.74, 6) is 0. The van der Waals surface area contributed by atoms with Crippen molar-refractivity contribution in [3.8, 4) is 0 Å². The first-order valence-corrected chi connectivity index (χ1v) is 8.16. The Morgan fingerprint density at radius 3 is 1.74 bits per heavy atom. The van der Waals surface area contributed by atoms with E-state index in [1.807, 2.05) is 67.5 Å². The van der Waals surface area contributed by atoms with Gasteiger partial charge >= 0.3 is 0 Å². The van der Waals surface area contributed by atoms with Crippen molar-refractivity contribution in [2.45, 2.75) is 12.2 Å². The van der Waals surface area contributed by atoms with Crippen molar-refractivity contribution in [2.24, 2.45) is 0 Å². The molecule has 0 aliphatic rings. The van der Waals surface area contributed by atoms with Gasteiger partial charge in [-0.25, -0.2) is 0 Å². The molecule has 0 aliphatic heterocycles. The van der Waals surface area contributed by atoms with E-state index in [-0.39, 0.29) is 12.7 Å². The summed E-state index contributed by atoms with van der Waals surface area (Å²) >= 11 is 11.9. The number of rotatable bonds is 7. The van der Waals surface area contributed by atoms with Crippen LogP contribution in [0.25, 0.3) is 0 Å². The Hall–Kier alpha value is -1.10. The predicted molar refractivity (Wildman–Crippen MR) is 95.3 cm³/mol. The molecule has 0 aromatic heterocycles. The molecule has 1 N–H and O–H groups in total. The van der Waals surface area contributed by atoms with E-state index < -0.39 is 6.10 Å². The lowest BCUT2D eigenvalue weighted by molar-refractivity contribution is -0.00300. The summed E-state index contributed by atoms with van der Waals surface area (Å²) in [5.41, 5.74) is 1.96. The van der Waals surface area contributed by atoms with Gasteiger partial charge in [0.15, 0.2) is 0 Å². The number of aliphatic hydroxyl groups is 1. The van der Waals surface area contributed by atoms with Crippen LogP contribution < -0.4 is 0 Å². The molecule has 0 heterocycles. The third-order valence-corrected chi connectivity index (χ3v) is 3.88. The average Bonchev–Trinajstić information content (AvgIpc) is 2.50. The van der Waals surface area contributed by atoms with Gasteiger partial charge in [0, 0.05) is 16.6 Å². The van der Waals surface area contributed by atoms with Crippen LogP contribution in [0.4, 0.5) is 0 Å². The van der Waals surface area contributed by atoms with Crippen LogP contribution in [0, 0.1) is 0 Å². The summed E-state index contributed by atoms with van der Waals surface area (Å²) < 4.78 is 5.99. The smallest absolute Gasteiger partial charge is 0.108 e. The van der Waals surface area contributed by atoms with Crippen molar-refractivity contribution >= 4 is 23.2 Å². The highest BCUT2D eigenvalue weighted by Gasteiger charge is 2.17. The van der Waals surface area contributed by atoms with Gasteiger partial charge in [-0.15, -0.1) is 0 Å². The van der Waals surface area contributed by atoms with Crippen molar-refractivity contribution in [1.29, 1.82) is 0 Å². The fraction of sp³-hybridized carbons (Fsp3) is 0.333. The summed E-state index contributed by atoms with van der Waals surface area (Å²) in [6, 6.07) is 15.1. The van der Waals surface area contributed by atoms with E-state index in [2.05, 4.69) is 0 Å². The third-order valence-electron chi connectivity index (χ3n) is 3.38. The van der Waals surface area contributed by atoms with Crippen molar-refractivity contribution in [3.05, 3.63) is 69.7 Å². The van der Waals surface area contributed by atoms with Gasteiger partial charge < -0.3 is 14.7 Å². The lowest BCUT2D eigenvalue weighted by atomic mass is 10.0. The van der Waals surface area contributed by atoms with E-state index in [9.17, 15) is 5.11 Å². The van der Waals surface area contributed by atoms with Crippen LogP contribution in [0.5, 0.6) is 0 Å². The first-order valence-electron chi connectivity index (χ1n) is 7.41. The van der Waals surface area contributed by atoms with Gasteiger partial charge in [-0.05, 0) is 49.5 Å². The Balaban J connectivity index is 2.17. The first-order chi connectivity index (χ1) is 11.0. The molecule has 2 aromatic rings. The molecule has 2 aromatic carbocycles. The highest BCUT2D eigenvalue weighted by molar-refractivity contribution is 6.30. The van der Waals surface area contributed by atoms with Crippen molar-refractivity contribution < 1.29 is 9.84 Å². The van der Waals surface area contributed by atoms with Crippen LogP contribution in [-0.2, 0) is 4.74 Å². The van der Waals surface area contributed by atoms with Gasteiger partial charge in [0.05, 0.1) is 12.7 Å². The lowest BCUT2D eigenvalue weighted by Gasteiger charge is -2.22. The van der Waals surface area contributed by atoms with E-state index in [0.717, 1.165) is 11.1 Å². The zero-order valence-electron chi connectivity index (χ0n) is 13.2. The zero-order chi connectivity index (χ0) is 16.8. The predicted octanol–water partition coefficient (Wildman–Crippen LogP) is 4.02. The van der Waals surface area contributed by atoms with Crippen LogP contribution in [0.3, 0.4) is 0 Å². The molecular formula is C18H21Cl2NO2. The standard InChI is InChI=1S/C18H21Cl2NO2/c1-21(2)11-17(22)12-23-18(13-3-7-15(19)8-4-13)14-5-9-16(20)10-6-14/h3-10,17-18,22H,11-12H2,1-2H3/t17-/m1/s1. The molecule has 23 heavy (non-hydrogen) atoms. The summed E-state index contributed by atoms with van der Waals surface area (Å²) in [5, 5.41) is 11.4. The maximum absolute atomic E-state index is 10.0. The molecule has 0 saturated heterocycles. The molecule has 2 rings (SSSR count). The molecule has 0 unspecified atom stereocenters. The molecule has 0 bridgehead atoms. The number of hydrogen-bond donors (Lipinski definition) is 1. The van der Waals surface area contributed by atoms with Gasteiger partial charge in [-0.1, -0.05) is 47.5 Å². The molecule has 5 heteroatoms. The molecule has 0 radical (unpaired) electrons. The monoisotopic (exact) mass is 353 g/mol. The van der Waals surface area contributed by atoms with E-state index in [1.54, 1.807) is 0 Å². The van der Waals surface area contributed by atoms with Crippen molar-refractivity contribution in [2.75, 3.05) is 27.2 Å². The second kappa shape index (κ2) is 8.67. The zero-order valence-corrected chi connectivity index (χ0v) is 14.8. The lowest BCUT2D eigenvalue weighted by Crippen LogP contribution is -2.30. The van der Waals surface area contributed by atoms with E-state index in [0.29, 0.717) is 16.6 Å². The van der Waals surface area contributed by atoms with Crippen molar-refractivity contribution in [3.63, 3.8) is 0 Å². The fourth-order valence-electron chi connectivity index (χ4n) is 2.34. The maximum Gasteiger partial charge on any atom is 0.108 e. The first kappa shape index (κ1) is 18.2.